The zero-order valence-electron chi connectivity index (χ0n) is 18.6. The van der Waals surface area contributed by atoms with Crippen molar-refractivity contribution in [2.24, 2.45) is 4.99 Å². The Balaban J connectivity index is 1.77. The Labute approximate surface area is 181 Å². The van der Waals surface area contributed by atoms with E-state index in [9.17, 15) is 4.79 Å². The van der Waals surface area contributed by atoms with Crippen LogP contribution in [-0.2, 0) is 27.4 Å². The second-order valence-electron chi connectivity index (χ2n) is 7.52. The fraction of sp³-hybridized carbons (Fsp3) is 0.652. The fourth-order valence-electron chi connectivity index (χ4n) is 3.43. The summed E-state index contributed by atoms with van der Waals surface area (Å²) in [5, 5.41) is 6.75. The van der Waals surface area contributed by atoms with Gasteiger partial charge in [-0.25, -0.2) is 4.99 Å². The first kappa shape index (κ1) is 24.2. The highest BCUT2D eigenvalue weighted by Crippen LogP contribution is 2.14. The molecular weight excluding hydrogens is 380 g/mol. The minimum atomic E-state index is -0.122. The number of guanidine groups is 1. The Morgan fingerprint density at radius 1 is 1.10 bits per heavy atom. The number of nitrogens with one attached hydrogen (secondary N) is 2. The number of unbranched alkanes of at least 4 members (excludes halogenated alkanes) is 3. The monoisotopic (exact) mass is 418 g/mol. The van der Waals surface area contributed by atoms with Crippen molar-refractivity contribution in [2.75, 3.05) is 46.5 Å². The van der Waals surface area contributed by atoms with Gasteiger partial charge in [-0.2, -0.15) is 0 Å². The smallest absolute Gasteiger partial charge is 0.305 e. The van der Waals surface area contributed by atoms with Crippen LogP contribution in [0.2, 0.25) is 0 Å². The van der Waals surface area contributed by atoms with Gasteiger partial charge in [0.25, 0.3) is 0 Å². The summed E-state index contributed by atoms with van der Waals surface area (Å²) in [7, 11) is 1.44. The zero-order valence-corrected chi connectivity index (χ0v) is 18.6. The number of aliphatic imine (C=N–C) groups is 1. The molecule has 0 unspecified atom stereocenters. The highest BCUT2D eigenvalue weighted by Gasteiger charge is 2.12. The maximum absolute atomic E-state index is 11.1. The molecule has 1 aliphatic heterocycles. The lowest BCUT2D eigenvalue weighted by Gasteiger charge is -2.27. The molecule has 7 heteroatoms. The van der Waals surface area contributed by atoms with Crippen LogP contribution in [0.3, 0.4) is 0 Å². The van der Waals surface area contributed by atoms with E-state index < -0.39 is 0 Å². The molecule has 2 rings (SSSR count). The standard InChI is InChI=1S/C23H38N4O3/c1-3-24-23(25-13-9-5-4-6-12-22(28)29-2)26-18-20-10-7-8-11-21(20)19-27-14-16-30-17-15-27/h7-8,10-11H,3-6,9,12-19H2,1-2H3,(H2,24,25,26). The predicted molar refractivity (Wildman–Crippen MR) is 120 cm³/mol. The average Bonchev–Trinajstić information content (AvgIpc) is 2.78. The number of esters is 1. The van der Waals surface area contributed by atoms with Crippen molar-refractivity contribution in [3.8, 4) is 0 Å². The van der Waals surface area contributed by atoms with Gasteiger partial charge in [0.1, 0.15) is 0 Å². The number of carbonyl (C=O) groups excluding carboxylic acids is 1. The van der Waals surface area contributed by atoms with Gasteiger partial charge in [0.2, 0.25) is 0 Å². The zero-order chi connectivity index (χ0) is 21.4. The quantitative estimate of drug-likeness (QED) is 0.235. The van der Waals surface area contributed by atoms with Gasteiger partial charge in [0.05, 0.1) is 26.9 Å². The van der Waals surface area contributed by atoms with Crippen molar-refractivity contribution in [1.82, 2.24) is 15.5 Å². The maximum Gasteiger partial charge on any atom is 0.305 e. The van der Waals surface area contributed by atoms with E-state index in [1.165, 1.54) is 18.2 Å². The Morgan fingerprint density at radius 3 is 2.57 bits per heavy atom. The van der Waals surface area contributed by atoms with Gasteiger partial charge in [-0.1, -0.05) is 37.1 Å². The number of hydrogen-bond donors (Lipinski definition) is 2. The number of methoxy groups -OCH3 is 1. The molecule has 1 saturated heterocycles. The molecule has 1 aromatic carbocycles. The van der Waals surface area contributed by atoms with E-state index >= 15 is 0 Å². The number of morpholine rings is 1. The molecule has 1 fully saturated rings. The molecule has 2 N–H and O–H groups in total. The third-order valence-corrected chi connectivity index (χ3v) is 5.20. The van der Waals surface area contributed by atoms with Crippen LogP contribution in [0.15, 0.2) is 29.3 Å². The summed E-state index contributed by atoms with van der Waals surface area (Å²) in [5.41, 5.74) is 2.61. The minimum Gasteiger partial charge on any atom is -0.469 e. The van der Waals surface area contributed by atoms with Crippen molar-refractivity contribution in [2.45, 2.75) is 52.1 Å². The van der Waals surface area contributed by atoms with E-state index in [0.29, 0.717) is 13.0 Å². The molecule has 0 saturated carbocycles. The topological polar surface area (TPSA) is 75.2 Å². The number of ether oxygens (including phenoxy) is 2. The van der Waals surface area contributed by atoms with Crippen molar-refractivity contribution in [3.63, 3.8) is 0 Å². The first-order chi connectivity index (χ1) is 14.7. The molecule has 0 aromatic heterocycles. The van der Waals surface area contributed by atoms with Gasteiger partial charge >= 0.3 is 5.97 Å². The molecule has 0 amide bonds. The Kier molecular flexibility index (Phi) is 11.9. The second-order valence-corrected chi connectivity index (χ2v) is 7.52. The number of carbonyl (C=O) groups is 1. The first-order valence-electron chi connectivity index (χ1n) is 11.2. The summed E-state index contributed by atoms with van der Waals surface area (Å²) < 4.78 is 10.1. The summed E-state index contributed by atoms with van der Waals surface area (Å²) in [6.45, 7) is 9.01. The van der Waals surface area contributed by atoms with Gasteiger partial charge in [-0.05, 0) is 30.9 Å². The predicted octanol–water partition coefficient (Wildman–Crippen LogP) is 2.70. The molecule has 1 aliphatic rings. The molecule has 1 aromatic rings. The van der Waals surface area contributed by atoms with Gasteiger partial charge in [-0.3, -0.25) is 9.69 Å². The third-order valence-electron chi connectivity index (χ3n) is 5.20. The van der Waals surface area contributed by atoms with E-state index in [0.717, 1.165) is 77.6 Å². The number of rotatable bonds is 12. The number of nitrogens with zero attached hydrogens (tertiary/aromatic N) is 2. The summed E-state index contributed by atoms with van der Waals surface area (Å²) in [5.74, 6) is 0.733. The highest BCUT2D eigenvalue weighted by atomic mass is 16.5. The minimum absolute atomic E-state index is 0.122. The van der Waals surface area contributed by atoms with Gasteiger partial charge in [-0.15, -0.1) is 0 Å². The Morgan fingerprint density at radius 2 is 1.83 bits per heavy atom. The lowest BCUT2D eigenvalue weighted by atomic mass is 10.1. The van der Waals surface area contributed by atoms with Gasteiger partial charge < -0.3 is 20.1 Å². The lowest BCUT2D eigenvalue weighted by Crippen LogP contribution is -2.37. The summed E-state index contributed by atoms with van der Waals surface area (Å²) in [6.07, 6.45) is 4.59. The van der Waals surface area contributed by atoms with Crippen molar-refractivity contribution < 1.29 is 14.3 Å². The molecule has 1 heterocycles. The van der Waals surface area contributed by atoms with Crippen LogP contribution in [0.1, 0.15) is 50.2 Å². The molecule has 0 spiro atoms. The first-order valence-corrected chi connectivity index (χ1v) is 11.2. The molecule has 168 valence electrons. The summed E-state index contributed by atoms with van der Waals surface area (Å²) in [4.78, 5) is 18.4. The molecule has 7 nitrogen and oxygen atoms in total. The normalized spacial score (nSPS) is 15.1. The van der Waals surface area contributed by atoms with E-state index in [1.807, 2.05) is 0 Å². The molecule has 0 aliphatic carbocycles. The van der Waals surface area contributed by atoms with Crippen LogP contribution < -0.4 is 10.6 Å². The van der Waals surface area contributed by atoms with Crippen LogP contribution in [0, 0.1) is 0 Å². The van der Waals surface area contributed by atoms with Crippen LogP contribution in [0.4, 0.5) is 0 Å². The van der Waals surface area contributed by atoms with Crippen LogP contribution >= 0.6 is 0 Å². The van der Waals surface area contributed by atoms with E-state index in [4.69, 9.17) is 9.73 Å². The lowest BCUT2D eigenvalue weighted by molar-refractivity contribution is -0.140. The Hall–Kier alpha value is -2.12. The second kappa shape index (κ2) is 14.8. The third kappa shape index (κ3) is 9.59. The molecule has 0 bridgehead atoms. The van der Waals surface area contributed by atoms with Crippen LogP contribution in [-0.4, -0.2) is 63.3 Å². The van der Waals surface area contributed by atoms with Gasteiger partial charge in [0, 0.05) is 39.1 Å². The van der Waals surface area contributed by atoms with Crippen LogP contribution in [0.25, 0.3) is 0 Å². The van der Waals surface area contributed by atoms with Crippen molar-refractivity contribution in [3.05, 3.63) is 35.4 Å². The van der Waals surface area contributed by atoms with E-state index in [-0.39, 0.29) is 5.97 Å². The largest absolute Gasteiger partial charge is 0.469 e. The summed E-state index contributed by atoms with van der Waals surface area (Å²) >= 11 is 0. The SMILES string of the molecule is CCNC(=NCc1ccccc1CN1CCOCC1)NCCCCCCC(=O)OC. The number of benzene rings is 1. The molecular formula is C23H38N4O3. The van der Waals surface area contributed by atoms with E-state index in [2.05, 4.69) is 51.5 Å². The van der Waals surface area contributed by atoms with Crippen LogP contribution in [0.5, 0.6) is 0 Å². The number of hydrogen-bond acceptors (Lipinski definition) is 5. The fourth-order valence-corrected chi connectivity index (χ4v) is 3.43. The highest BCUT2D eigenvalue weighted by molar-refractivity contribution is 5.79. The maximum atomic E-state index is 11.1. The molecule has 0 atom stereocenters. The molecule has 0 radical (unpaired) electrons. The van der Waals surface area contributed by atoms with E-state index in [1.54, 1.807) is 0 Å². The van der Waals surface area contributed by atoms with Gasteiger partial charge in [0.15, 0.2) is 5.96 Å². The molecule has 30 heavy (non-hydrogen) atoms. The average molecular weight is 419 g/mol. The Bertz CT molecular complexity index is 645. The summed E-state index contributed by atoms with van der Waals surface area (Å²) in [6, 6.07) is 8.56. The van der Waals surface area contributed by atoms with Crippen molar-refractivity contribution >= 4 is 11.9 Å². The van der Waals surface area contributed by atoms with Crippen molar-refractivity contribution in [1.29, 1.82) is 0 Å².